The molecule has 2 N–H and O–H groups in total. The normalized spacial score (nSPS) is 14.8. The Kier molecular flexibility index (Phi) is 4.50. The Labute approximate surface area is 127 Å². The lowest BCUT2D eigenvalue weighted by molar-refractivity contribution is 0.199. The second-order valence-electron chi connectivity index (χ2n) is 6.22. The van der Waals surface area contributed by atoms with Gasteiger partial charge in [0.2, 0.25) is 0 Å². The lowest BCUT2D eigenvalue weighted by Crippen LogP contribution is -2.19. The SMILES string of the molecule is CC(O)c1ccc(C(C)(C)c2ccc(C(C)O)cc2)cc1. The first kappa shape index (κ1) is 15.7. The van der Waals surface area contributed by atoms with Gasteiger partial charge in [-0.2, -0.15) is 0 Å². The van der Waals surface area contributed by atoms with E-state index in [1.165, 1.54) is 11.1 Å². The van der Waals surface area contributed by atoms with Crippen molar-refractivity contribution in [2.24, 2.45) is 0 Å². The first-order valence-corrected chi connectivity index (χ1v) is 7.39. The molecule has 0 saturated heterocycles. The Morgan fingerprint density at radius 2 is 0.952 bits per heavy atom. The zero-order valence-corrected chi connectivity index (χ0v) is 13.2. The molecule has 2 rings (SSSR count). The minimum Gasteiger partial charge on any atom is -0.389 e. The lowest BCUT2D eigenvalue weighted by Gasteiger charge is -2.27. The van der Waals surface area contributed by atoms with Crippen LogP contribution in [0.15, 0.2) is 48.5 Å². The van der Waals surface area contributed by atoms with Crippen LogP contribution in [0.1, 0.15) is 62.2 Å². The third-order valence-electron chi connectivity index (χ3n) is 4.23. The zero-order chi connectivity index (χ0) is 15.6. The quantitative estimate of drug-likeness (QED) is 0.886. The predicted molar refractivity (Wildman–Crippen MR) is 86.3 cm³/mol. The molecular formula is C19H24O2. The first-order chi connectivity index (χ1) is 9.82. The van der Waals surface area contributed by atoms with Gasteiger partial charge < -0.3 is 10.2 Å². The van der Waals surface area contributed by atoms with Gasteiger partial charge in [0.15, 0.2) is 0 Å². The van der Waals surface area contributed by atoms with Crippen molar-refractivity contribution in [2.45, 2.75) is 45.3 Å². The average molecular weight is 284 g/mol. The molecule has 2 aromatic rings. The van der Waals surface area contributed by atoms with Gasteiger partial charge in [-0.3, -0.25) is 0 Å². The van der Waals surface area contributed by atoms with Crippen LogP contribution in [0.5, 0.6) is 0 Å². The van der Waals surface area contributed by atoms with E-state index in [4.69, 9.17) is 0 Å². The molecule has 2 nitrogen and oxygen atoms in total. The number of benzene rings is 2. The van der Waals surface area contributed by atoms with E-state index in [1.807, 2.05) is 24.3 Å². The highest BCUT2D eigenvalue weighted by Crippen LogP contribution is 2.32. The van der Waals surface area contributed by atoms with Gasteiger partial charge in [0.25, 0.3) is 0 Å². The molecule has 0 aliphatic heterocycles. The van der Waals surface area contributed by atoms with Crippen LogP contribution in [0.2, 0.25) is 0 Å². The Bertz CT molecular complexity index is 524. The smallest absolute Gasteiger partial charge is 0.0761 e. The Morgan fingerprint density at radius 3 is 1.19 bits per heavy atom. The minimum absolute atomic E-state index is 0.117. The second kappa shape index (κ2) is 6.00. The van der Waals surface area contributed by atoms with E-state index in [9.17, 15) is 10.2 Å². The monoisotopic (exact) mass is 284 g/mol. The summed E-state index contributed by atoms with van der Waals surface area (Å²) in [6.07, 6.45) is -0.875. The third kappa shape index (κ3) is 3.34. The fourth-order valence-electron chi connectivity index (χ4n) is 2.52. The summed E-state index contributed by atoms with van der Waals surface area (Å²) in [4.78, 5) is 0. The molecule has 0 amide bonds. The molecule has 112 valence electrons. The van der Waals surface area contributed by atoms with E-state index >= 15 is 0 Å². The van der Waals surface area contributed by atoms with Crippen molar-refractivity contribution >= 4 is 0 Å². The van der Waals surface area contributed by atoms with Crippen molar-refractivity contribution in [1.29, 1.82) is 0 Å². The molecule has 2 aromatic carbocycles. The molecule has 2 atom stereocenters. The number of aliphatic hydroxyl groups is 2. The van der Waals surface area contributed by atoms with Crippen LogP contribution in [-0.2, 0) is 5.41 Å². The van der Waals surface area contributed by atoms with Crippen LogP contribution in [0, 0.1) is 0 Å². The Hall–Kier alpha value is -1.64. The third-order valence-corrected chi connectivity index (χ3v) is 4.23. The summed E-state index contributed by atoms with van der Waals surface area (Å²) < 4.78 is 0. The minimum atomic E-state index is -0.438. The molecule has 0 aliphatic rings. The van der Waals surface area contributed by atoms with Gasteiger partial charge in [0.1, 0.15) is 0 Å². The molecule has 0 spiro atoms. The van der Waals surface area contributed by atoms with Crippen molar-refractivity contribution in [3.05, 3.63) is 70.8 Å². The second-order valence-corrected chi connectivity index (χ2v) is 6.22. The standard InChI is InChI=1S/C19H24O2/c1-13(20)15-5-9-17(10-6-15)19(3,4)18-11-7-16(8-12-18)14(2)21/h5-14,20-21H,1-4H3. The molecule has 21 heavy (non-hydrogen) atoms. The Balaban J connectivity index is 2.31. The molecular weight excluding hydrogens is 260 g/mol. The molecule has 2 heteroatoms. The maximum absolute atomic E-state index is 9.59. The van der Waals surface area contributed by atoms with Gasteiger partial charge in [0, 0.05) is 5.41 Å². The van der Waals surface area contributed by atoms with Crippen LogP contribution in [-0.4, -0.2) is 10.2 Å². The molecule has 0 aromatic heterocycles. The van der Waals surface area contributed by atoms with E-state index in [1.54, 1.807) is 13.8 Å². The van der Waals surface area contributed by atoms with Crippen LogP contribution in [0.4, 0.5) is 0 Å². The first-order valence-electron chi connectivity index (χ1n) is 7.39. The highest BCUT2D eigenvalue weighted by atomic mass is 16.3. The molecule has 2 unspecified atom stereocenters. The summed E-state index contributed by atoms with van der Waals surface area (Å²) in [5.74, 6) is 0. The van der Waals surface area contributed by atoms with Gasteiger partial charge in [-0.05, 0) is 36.1 Å². The van der Waals surface area contributed by atoms with Gasteiger partial charge in [0.05, 0.1) is 12.2 Å². The number of rotatable bonds is 4. The molecule has 0 saturated carbocycles. The van der Waals surface area contributed by atoms with Crippen molar-refractivity contribution in [1.82, 2.24) is 0 Å². The van der Waals surface area contributed by atoms with Crippen molar-refractivity contribution in [2.75, 3.05) is 0 Å². The molecule has 0 fully saturated rings. The largest absolute Gasteiger partial charge is 0.389 e. The number of aliphatic hydroxyl groups excluding tert-OH is 2. The highest BCUT2D eigenvalue weighted by Gasteiger charge is 2.23. The summed E-state index contributed by atoms with van der Waals surface area (Å²) >= 11 is 0. The van der Waals surface area contributed by atoms with Crippen LogP contribution in [0.3, 0.4) is 0 Å². The summed E-state index contributed by atoms with van der Waals surface area (Å²) in [7, 11) is 0. The van der Waals surface area contributed by atoms with E-state index < -0.39 is 12.2 Å². The molecule has 0 radical (unpaired) electrons. The zero-order valence-electron chi connectivity index (χ0n) is 13.2. The molecule has 0 heterocycles. The van der Waals surface area contributed by atoms with Crippen molar-refractivity contribution in [3.63, 3.8) is 0 Å². The summed E-state index contributed by atoms with van der Waals surface area (Å²) in [5.41, 5.74) is 4.15. The molecule has 0 aliphatic carbocycles. The van der Waals surface area contributed by atoms with E-state index in [2.05, 4.69) is 38.1 Å². The number of hydrogen-bond donors (Lipinski definition) is 2. The Morgan fingerprint density at radius 1 is 0.667 bits per heavy atom. The van der Waals surface area contributed by atoms with Crippen molar-refractivity contribution < 1.29 is 10.2 Å². The van der Waals surface area contributed by atoms with Gasteiger partial charge in [-0.15, -0.1) is 0 Å². The fourth-order valence-corrected chi connectivity index (χ4v) is 2.52. The van der Waals surface area contributed by atoms with E-state index in [0.29, 0.717) is 0 Å². The fraction of sp³-hybridized carbons (Fsp3) is 0.368. The maximum atomic E-state index is 9.59. The van der Waals surface area contributed by atoms with E-state index in [0.717, 1.165) is 11.1 Å². The maximum Gasteiger partial charge on any atom is 0.0761 e. The number of hydrogen-bond acceptors (Lipinski definition) is 2. The lowest BCUT2D eigenvalue weighted by atomic mass is 9.77. The van der Waals surface area contributed by atoms with Gasteiger partial charge in [-0.1, -0.05) is 62.4 Å². The predicted octanol–water partition coefficient (Wildman–Crippen LogP) is 4.12. The van der Waals surface area contributed by atoms with Crippen LogP contribution < -0.4 is 0 Å². The van der Waals surface area contributed by atoms with Crippen LogP contribution >= 0.6 is 0 Å². The van der Waals surface area contributed by atoms with E-state index in [-0.39, 0.29) is 5.41 Å². The van der Waals surface area contributed by atoms with Crippen molar-refractivity contribution in [3.8, 4) is 0 Å². The van der Waals surface area contributed by atoms with Crippen LogP contribution in [0.25, 0.3) is 0 Å². The summed E-state index contributed by atoms with van der Waals surface area (Å²) in [6, 6.07) is 16.2. The average Bonchev–Trinajstić information content (AvgIpc) is 2.47. The van der Waals surface area contributed by atoms with Gasteiger partial charge >= 0.3 is 0 Å². The topological polar surface area (TPSA) is 40.5 Å². The molecule has 0 bridgehead atoms. The summed E-state index contributed by atoms with van der Waals surface area (Å²) in [6.45, 7) is 7.91. The summed E-state index contributed by atoms with van der Waals surface area (Å²) in [5, 5.41) is 19.2. The highest BCUT2D eigenvalue weighted by molar-refractivity contribution is 5.40. The van der Waals surface area contributed by atoms with Gasteiger partial charge in [-0.25, -0.2) is 0 Å².